The van der Waals surface area contributed by atoms with E-state index in [4.69, 9.17) is 9.31 Å². The average molecular weight is 234 g/mol. The van der Waals surface area contributed by atoms with Crippen LogP contribution in [0.5, 0.6) is 0 Å². The number of hydrogen-bond donors (Lipinski definition) is 1. The van der Waals surface area contributed by atoms with Crippen LogP contribution in [0, 0.1) is 0 Å². The van der Waals surface area contributed by atoms with Crippen molar-refractivity contribution in [2.24, 2.45) is 0 Å². The van der Waals surface area contributed by atoms with Crippen molar-refractivity contribution < 1.29 is 14.4 Å². The van der Waals surface area contributed by atoms with Crippen LogP contribution in [-0.2, 0) is 9.31 Å². The first-order chi connectivity index (χ1) is 7.83. The van der Waals surface area contributed by atoms with Crippen molar-refractivity contribution >= 4 is 7.12 Å². The van der Waals surface area contributed by atoms with Crippen molar-refractivity contribution in [2.75, 3.05) is 0 Å². The number of rotatable bonds is 2. The SMILES string of the molecule is CC1(C)OB(C(O)c2ccccc2)OC1(C)C. The van der Waals surface area contributed by atoms with Gasteiger partial charge < -0.3 is 14.4 Å². The van der Waals surface area contributed by atoms with E-state index >= 15 is 0 Å². The highest BCUT2D eigenvalue weighted by Crippen LogP contribution is 2.39. The highest BCUT2D eigenvalue weighted by atomic mass is 16.7. The summed E-state index contributed by atoms with van der Waals surface area (Å²) >= 11 is 0. The molecule has 1 unspecified atom stereocenters. The molecule has 1 heterocycles. The highest BCUT2D eigenvalue weighted by Gasteiger charge is 2.53. The third-order valence-electron chi connectivity index (χ3n) is 3.67. The van der Waals surface area contributed by atoms with Gasteiger partial charge in [-0.2, -0.15) is 0 Å². The third kappa shape index (κ3) is 2.25. The molecule has 1 aliphatic heterocycles. The summed E-state index contributed by atoms with van der Waals surface area (Å²) in [6, 6.07) is 8.69. The molecule has 0 aliphatic carbocycles. The van der Waals surface area contributed by atoms with Crippen molar-refractivity contribution in [2.45, 2.75) is 44.9 Å². The van der Waals surface area contributed by atoms with E-state index in [0.717, 1.165) is 5.56 Å². The molecule has 1 aromatic carbocycles. The Morgan fingerprint density at radius 2 is 1.47 bits per heavy atom. The van der Waals surface area contributed by atoms with E-state index in [1.54, 1.807) is 0 Å². The lowest BCUT2D eigenvalue weighted by Gasteiger charge is -2.32. The lowest BCUT2D eigenvalue weighted by Crippen LogP contribution is -2.41. The fourth-order valence-electron chi connectivity index (χ4n) is 1.82. The van der Waals surface area contributed by atoms with Gasteiger partial charge in [0.1, 0.15) is 6.00 Å². The van der Waals surface area contributed by atoms with Gasteiger partial charge in [-0.3, -0.25) is 0 Å². The van der Waals surface area contributed by atoms with Crippen LogP contribution in [0.25, 0.3) is 0 Å². The maximum Gasteiger partial charge on any atom is 0.493 e. The largest absolute Gasteiger partial charge is 0.493 e. The number of hydrogen-bond acceptors (Lipinski definition) is 3. The second-order valence-corrected chi connectivity index (χ2v) is 5.48. The maximum absolute atomic E-state index is 10.2. The predicted molar refractivity (Wildman–Crippen MR) is 67.5 cm³/mol. The summed E-state index contributed by atoms with van der Waals surface area (Å²) in [5.41, 5.74) is -0.00749. The van der Waals surface area contributed by atoms with Crippen LogP contribution in [0.15, 0.2) is 30.3 Å². The molecule has 0 saturated carbocycles. The molecule has 4 heteroatoms. The summed E-state index contributed by atoms with van der Waals surface area (Å²) in [4.78, 5) is 0. The van der Waals surface area contributed by atoms with Gasteiger partial charge in [0, 0.05) is 0 Å². The molecular weight excluding hydrogens is 215 g/mol. The zero-order chi connectivity index (χ0) is 12.7. The minimum atomic E-state index is -0.753. The fourth-order valence-corrected chi connectivity index (χ4v) is 1.82. The molecule has 3 nitrogen and oxygen atoms in total. The van der Waals surface area contributed by atoms with Gasteiger partial charge in [-0.25, -0.2) is 0 Å². The van der Waals surface area contributed by atoms with E-state index in [1.165, 1.54) is 0 Å². The Morgan fingerprint density at radius 3 is 1.94 bits per heavy atom. The van der Waals surface area contributed by atoms with Crippen molar-refractivity contribution in [3.63, 3.8) is 0 Å². The summed E-state index contributed by atoms with van der Waals surface area (Å²) in [5, 5.41) is 10.2. The smallest absolute Gasteiger partial charge is 0.401 e. The van der Waals surface area contributed by atoms with Crippen LogP contribution in [0.4, 0.5) is 0 Å². The van der Waals surface area contributed by atoms with E-state index in [1.807, 2.05) is 58.0 Å². The molecule has 1 aliphatic rings. The molecule has 17 heavy (non-hydrogen) atoms. The van der Waals surface area contributed by atoms with Gasteiger partial charge in [0.2, 0.25) is 0 Å². The molecule has 0 bridgehead atoms. The second kappa shape index (κ2) is 4.12. The Kier molecular flexibility index (Phi) is 3.06. The minimum absolute atomic E-state index is 0.409. The number of aliphatic hydroxyl groups excluding tert-OH is 1. The van der Waals surface area contributed by atoms with Gasteiger partial charge >= 0.3 is 7.12 Å². The maximum atomic E-state index is 10.2. The average Bonchev–Trinajstić information content (AvgIpc) is 2.48. The quantitative estimate of drug-likeness (QED) is 0.798. The summed E-state index contributed by atoms with van der Waals surface area (Å²) in [6.45, 7) is 7.91. The molecular formula is C13H19BO3. The Balaban J connectivity index is 2.17. The molecule has 1 atom stereocenters. The standard InChI is InChI=1S/C13H19BO3/c1-12(2)13(3,4)17-14(16-12)11(15)10-8-6-5-7-9-10/h5-9,11,15H,1-4H3. The molecule has 0 spiro atoms. The predicted octanol–water partition coefficient (Wildman–Crippen LogP) is 2.35. The molecule has 0 radical (unpaired) electrons. The number of benzene rings is 1. The first-order valence-electron chi connectivity index (χ1n) is 5.92. The van der Waals surface area contributed by atoms with E-state index in [2.05, 4.69) is 0 Å². The lowest BCUT2D eigenvalue weighted by atomic mass is 9.77. The van der Waals surface area contributed by atoms with Crippen molar-refractivity contribution in [3.8, 4) is 0 Å². The van der Waals surface area contributed by atoms with Crippen molar-refractivity contribution in [3.05, 3.63) is 35.9 Å². The zero-order valence-electron chi connectivity index (χ0n) is 10.8. The topological polar surface area (TPSA) is 38.7 Å². The summed E-state index contributed by atoms with van der Waals surface area (Å²) < 4.78 is 11.6. The Bertz CT molecular complexity index is 373. The van der Waals surface area contributed by atoms with Crippen molar-refractivity contribution in [1.29, 1.82) is 0 Å². The molecule has 0 amide bonds. The first-order valence-corrected chi connectivity index (χ1v) is 5.92. The molecule has 2 rings (SSSR count). The fraction of sp³-hybridized carbons (Fsp3) is 0.538. The van der Waals surface area contributed by atoms with Crippen molar-refractivity contribution in [1.82, 2.24) is 0 Å². The Hall–Kier alpha value is -0.835. The van der Waals surface area contributed by atoms with E-state index in [-0.39, 0.29) is 0 Å². The second-order valence-electron chi connectivity index (χ2n) is 5.48. The van der Waals surface area contributed by atoms with Gasteiger partial charge in [-0.1, -0.05) is 30.3 Å². The molecule has 1 N–H and O–H groups in total. The van der Waals surface area contributed by atoms with E-state index in [9.17, 15) is 5.11 Å². The van der Waals surface area contributed by atoms with Gasteiger partial charge in [0.05, 0.1) is 11.2 Å². The van der Waals surface area contributed by atoms with Gasteiger partial charge in [0.25, 0.3) is 0 Å². The van der Waals surface area contributed by atoms with Crippen LogP contribution < -0.4 is 0 Å². The monoisotopic (exact) mass is 234 g/mol. The van der Waals surface area contributed by atoms with E-state index < -0.39 is 24.3 Å². The van der Waals surface area contributed by atoms with Crippen LogP contribution in [-0.4, -0.2) is 23.4 Å². The highest BCUT2D eigenvalue weighted by molar-refractivity contribution is 6.46. The minimum Gasteiger partial charge on any atom is -0.401 e. The Labute approximate surface area is 103 Å². The van der Waals surface area contributed by atoms with Gasteiger partial charge in [-0.05, 0) is 33.3 Å². The van der Waals surface area contributed by atoms with Crippen LogP contribution in [0.1, 0.15) is 39.3 Å². The molecule has 92 valence electrons. The summed E-state index contributed by atoms with van der Waals surface area (Å²) in [7, 11) is -0.609. The number of aliphatic hydroxyl groups is 1. The first kappa shape index (κ1) is 12.6. The van der Waals surface area contributed by atoms with Crippen LogP contribution in [0.3, 0.4) is 0 Å². The summed E-state index contributed by atoms with van der Waals surface area (Å²) in [5.74, 6) is 0. The molecule has 0 aromatic heterocycles. The molecule has 1 aromatic rings. The van der Waals surface area contributed by atoms with E-state index in [0.29, 0.717) is 0 Å². The van der Waals surface area contributed by atoms with Gasteiger partial charge in [-0.15, -0.1) is 0 Å². The van der Waals surface area contributed by atoms with Crippen LogP contribution in [0.2, 0.25) is 0 Å². The van der Waals surface area contributed by atoms with Gasteiger partial charge in [0.15, 0.2) is 0 Å². The lowest BCUT2D eigenvalue weighted by molar-refractivity contribution is 0.00578. The molecule has 1 saturated heterocycles. The zero-order valence-corrected chi connectivity index (χ0v) is 10.8. The third-order valence-corrected chi connectivity index (χ3v) is 3.67. The molecule has 1 fully saturated rings. The van der Waals surface area contributed by atoms with Crippen LogP contribution >= 0.6 is 0 Å². The normalized spacial score (nSPS) is 23.7. The summed E-state index contributed by atoms with van der Waals surface area (Å²) in [6.07, 6.45) is 0. The Morgan fingerprint density at radius 1 is 1.00 bits per heavy atom.